The Balaban J connectivity index is 2.25. The van der Waals surface area contributed by atoms with Crippen molar-refractivity contribution >= 4 is 39.9 Å². The van der Waals surface area contributed by atoms with Crippen molar-refractivity contribution < 1.29 is 14.7 Å². The lowest BCUT2D eigenvalue weighted by Gasteiger charge is -2.00. The Bertz CT molecular complexity index is 563. The first-order valence-electron chi connectivity index (χ1n) is 4.38. The van der Waals surface area contributed by atoms with Crippen LogP contribution in [0.4, 0.5) is 5.00 Å². The van der Waals surface area contributed by atoms with Gasteiger partial charge >= 0.3 is 5.97 Å². The summed E-state index contributed by atoms with van der Waals surface area (Å²) >= 11 is 1.87. The van der Waals surface area contributed by atoms with Gasteiger partial charge < -0.3 is 10.4 Å². The normalized spacial score (nSPS) is 10.2. The van der Waals surface area contributed by atoms with Crippen molar-refractivity contribution in [2.75, 3.05) is 5.32 Å². The van der Waals surface area contributed by atoms with E-state index in [1.807, 2.05) is 0 Å². The molecule has 0 saturated carbocycles. The number of nitrogens with zero attached hydrogens (tertiary/aromatic N) is 3. The molecule has 0 saturated heterocycles. The third kappa shape index (κ3) is 2.29. The lowest BCUT2D eigenvalue weighted by atomic mass is 10.2. The molecule has 88 valence electrons. The van der Waals surface area contributed by atoms with Crippen molar-refractivity contribution in [3.8, 4) is 0 Å². The Kier molecular flexibility index (Phi) is 3.11. The summed E-state index contributed by atoms with van der Waals surface area (Å²) in [4.78, 5) is 22.9. The fraction of sp³-hybridized carbons (Fsp3) is 0.125. The zero-order chi connectivity index (χ0) is 12.4. The summed E-state index contributed by atoms with van der Waals surface area (Å²) in [5, 5.41) is 15.2. The summed E-state index contributed by atoms with van der Waals surface area (Å²) in [5.41, 5.74) is 0.390. The molecule has 0 spiro atoms. The van der Waals surface area contributed by atoms with E-state index in [0.717, 1.165) is 23.1 Å². The van der Waals surface area contributed by atoms with Crippen LogP contribution in [0.15, 0.2) is 6.20 Å². The minimum Gasteiger partial charge on any atom is -0.478 e. The van der Waals surface area contributed by atoms with Gasteiger partial charge in [-0.15, -0.1) is 5.10 Å². The molecule has 7 nitrogen and oxygen atoms in total. The van der Waals surface area contributed by atoms with Crippen molar-refractivity contribution in [1.82, 2.24) is 14.0 Å². The average Bonchev–Trinajstić information content (AvgIpc) is 2.87. The Hall–Kier alpha value is -1.87. The lowest BCUT2D eigenvalue weighted by Crippen LogP contribution is -2.12. The summed E-state index contributed by atoms with van der Waals surface area (Å²) in [6.07, 6.45) is 1.31. The van der Waals surface area contributed by atoms with Crippen molar-refractivity contribution in [3.63, 3.8) is 0 Å². The Morgan fingerprint density at radius 2 is 2.18 bits per heavy atom. The lowest BCUT2D eigenvalue weighted by molar-refractivity contribution is 0.0697. The van der Waals surface area contributed by atoms with Gasteiger partial charge in [0.1, 0.15) is 15.4 Å². The molecule has 0 aliphatic rings. The zero-order valence-electron chi connectivity index (χ0n) is 8.50. The Morgan fingerprint density at radius 3 is 2.76 bits per heavy atom. The van der Waals surface area contributed by atoms with Crippen LogP contribution in [0.3, 0.4) is 0 Å². The third-order valence-electron chi connectivity index (χ3n) is 1.89. The SMILES string of the molecule is Cc1nsc(NC(=O)c2cnns2)c1C(=O)O. The molecule has 1 amide bonds. The predicted octanol–water partition coefficient (Wildman–Crippen LogP) is 1.25. The number of carboxylic acid groups (broad SMARTS) is 1. The van der Waals surface area contributed by atoms with E-state index in [-0.39, 0.29) is 10.6 Å². The maximum Gasteiger partial charge on any atom is 0.340 e. The first-order chi connectivity index (χ1) is 8.09. The second-order valence-electron chi connectivity index (χ2n) is 3.01. The first-order valence-corrected chi connectivity index (χ1v) is 5.92. The van der Waals surface area contributed by atoms with E-state index in [9.17, 15) is 9.59 Å². The Labute approximate surface area is 103 Å². The molecule has 2 N–H and O–H groups in total. The minimum atomic E-state index is -1.12. The van der Waals surface area contributed by atoms with E-state index >= 15 is 0 Å². The number of carboxylic acids is 1. The molecule has 2 rings (SSSR count). The van der Waals surface area contributed by atoms with Gasteiger partial charge in [-0.2, -0.15) is 4.37 Å². The van der Waals surface area contributed by atoms with Crippen LogP contribution < -0.4 is 5.32 Å². The van der Waals surface area contributed by atoms with Gasteiger partial charge in [-0.05, 0) is 30.0 Å². The number of nitrogens with one attached hydrogen (secondary N) is 1. The van der Waals surface area contributed by atoms with Crippen molar-refractivity contribution in [2.45, 2.75) is 6.92 Å². The number of anilines is 1. The molecule has 0 aliphatic heterocycles. The highest BCUT2D eigenvalue weighted by atomic mass is 32.1. The van der Waals surface area contributed by atoms with Gasteiger partial charge in [0, 0.05) is 0 Å². The highest BCUT2D eigenvalue weighted by molar-refractivity contribution is 7.11. The molecular formula is C8H6N4O3S2. The van der Waals surface area contributed by atoms with E-state index in [4.69, 9.17) is 5.11 Å². The molecule has 9 heteroatoms. The first kappa shape index (κ1) is 11.6. The van der Waals surface area contributed by atoms with Crippen molar-refractivity contribution in [1.29, 1.82) is 0 Å². The predicted molar refractivity (Wildman–Crippen MR) is 61.7 cm³/mol. The van der Waals surface area contributed by atoms with Crippen molar-refractivity contribution in [2.24, 2.45) is 0 Å². The van der Waals surface area contributed by atoms with Crippen LogP contribution in [0.25, 0.3) is 0 Å². The standard InChI is InChI=1S/C8H6N4O3S2/c1-3-5(8(14)15)7(17-11-3)10-6(13)4-2-9-12-16-4/h2H,1H3,(H,10,13)(H,14,15). The highest BCUT2D eigenvalue weighted by Crippen LogP contribution is 2.25. The second kappa shape index (κ2) is 4.55. The molecule has 0 unspecified atom stereocenters. The molecule has 0 fully saturated rings. The number of hydrogen-bond acceptors (Lipinski definition) is 7. The van der Waals surface area contributed by atoms with E-state index in [1.54, 1.807) is 6.92 Å². The average molecular weight is 270 g/mol. The van der Waals surface area contributed by atoms with Gasteiger partial charge in [0.2, 0.25) is 0 Å². The number of hydrogen-bond donors (Lipinski definition) is 2. The topological polar surface area (TPSA) is 105 Å². The number of aryl methyl sites for hydroxylation is 1. The fourth-order valence-corrected chi connectivity index (χ4v) is 2.33. The van der Waals surface area contributed by atoms with Crippen LogP contribution in [0.2, 0.25) is 0 Å². The smallest absolute Gasteiger partial charge is 0.340 e. The maximum absolute atomic E-state index is 11.7. The molecule has 0 aliphatic carbocycles. The summed E-state index contributed by atoms with van der Waals surface area (Å²) in [5.74, 6) is -1.56. The molecule has 2 heterocycles. The number of aromatic carboxylic acids is 1. The van der Waals surface area contributed by atoms with E-state index in [0.29, 0.717) is 10.6 Å². The van der Waals surface area contributed by atoms with Gasteiger partial charge in [0.05, 0.1) is 11.9 Å². The highest BCUT2D eigenvalue weighted by Gasteiger charge is 2.20. The summed E-state index contributed by atoms with van der Waals surface area (Å²) in [7, 11) is 0. The molecule has 0 radical (unpaired) electrons. The van der Waals surface area contributed by atoms with Gasteiger partial charge in [-0.25, -0.2) is 4.79 Å². The minimum absolute atomic E-state index is 0.0147. The maximum atomic E-state index is 11.7. The Morgan fingerprint density at radius 1 is 1.41 bits per heavy atom. The molecule has 2 aromatic heterocycles. The quantitative estimate of drug-likeness (QED) is 0.869. The molecule has 0 aromatic carbocycles. The third-order valence-corrected chi connectivity index (χ3v) is 3.41. The van der Waals surface area contributed by atoms with Crippen LogP contribution in [0.1, 0.15) is 25.7 Å². The van der Waals surface area contributed by atoms with Crippen LogP contribution in [-0.2, 0) is 0 Å². The molecule has 0 bridgehead atoms. The molecular weight excluding hydrogens is 264 g/mol. The zero-order valence-corrected chi connectivity index (χ0v) is 10.1. The van der Waals surface area contributed by atoms with Crippen LogP contribution in [-0.4, -0.2) is 30.9 Å². The summed E-state index contributed by atoms with van der Waals surface area (Å²) < 4.78 is 7.44. The van der Waals surface area contributed by atoms with Gasteiger partial charge in [0.25, 0.3) is 5.91 Å². The summed E-state index contributed by atoms with van der Waals surface area (Å²) in [6, 6.07) is 0. The molecule has 17 heavy (non-hydrogen) atoms. The van der Waals surface area contributed by atoms with Crippen LogP contribution in [0.5, 0.6) is 0 Å². The van der Waals surface area contributed by atoms with Gasteiger partial charge in [0.15, 0.2) is 0 Å². The van der Waals surface area contributed by atoms with Crippen LogP contribution in [0, 0.1) is 6.92 Å². The number of carbonyl (C=O) groups is 2. The van der Waals surface area contributed by atoms with E-state index < -0.39 is 11.9 Å². The van der Waals surface area contributed by atoms with E-state index in [1.165, 1.54) is 6.20 Å². The van der Waals surface area contributed by atoms with E-state index in [2.05, 4.69) is 19.3 Å². The number of aromatic nitrogens is 3. The van der Waals surface area contributed by atoms with Gasteiger partial charge in [-0.3, -0.25) is 4.79 Å². The van der Waals surface area contributed by atoms with Gasteiger partial charge in [-0.1, -0.05) is 4.49 Å². The molecule has 2 aromatic rings. The largest absolute Gasteiger partial charge is 0.478 e. The fourth-order valence-electron chi connectivity index (χ4n) is 1.14. The molecule has 0 atom stereocenters. The number of carbonyl (C=O) groups excluding carboxylic acids is 1. The van der Waals surface area contributed by atoms with Crippen LogP contribution >= 0.6 is 23.1 Å². The van der Waals surface area contributed by atoms with Crippen molar-refractivity contribution in [3.05, 3.63) is 22.3 Å². The number of rotatable bonds is 3. The second-order valence-corrected chi connectivity index (χ2v) is 4.57. The summed E-state index contributed by atoms with van der Waals surface area (Å²) in [6.45, 7) is 1.57. The monoisotopic (exact) mass is 270 g/mol. The number of amides is 1.